The maximum Gasteiger partial charge on any atom is 0.325 e. The van der Waals surface area contributed by atoms with Crippen LogP contribution in [0.25, 0.3) is 10.9 Å². The number of hydrogen-bond acceptors (Lipinski definition) is 8. The van der Waals surface area contributed by atoms with Crippen LogP contribution in [0.1, 0.15) is 6.92 Å². The minimum atomic E-state index is -0.573. The third-order valence-corrected chi connectivity index (χ3v) is 6.59. The zero-order valence-corrected chi connectivity index (χ0v) is 19.8. The summed E-state index contributed by atoms with van der Waals surface area (Å²) in [7, 11) is 1.26. The molecule has 1 N–H and O–H groups in total. The zero-order chi connectivity index (χ0) is 24.1. The number of para-hydroxylation sites is 1. The lowest BCUT2D eigenvalue weighted by Gasteiger charge is -2.28. The molecule has 2 aromatic carbocycles. The highest BCUT2D eigenvalue weighted by Crippen LogP contribution is 2.25. The number of nitrogens with zero attached hydrogens (tertiary/aromatic N) is 3. The van der Waals surface area contributed by atoms with Crippen molar-refractivity contribution in [2.45, 2.75) is 23.9 Å². The molecule has 1 aromatic heterocycles. The molecular weight excluding hydrogens is 456 g/mol. The number of aromatic nitrogens is 2. The Balaban J connectivity index is 1.50. The molecule has 1 amide bonds. The molecule has 9 nitrogen and oxygen atoms in total. The summed E-state index contributed by atoms with van der Waals surface area (Å²) in [6.07, 6.45) is 0. The van der Waals surface area contributed by atoms with Gasteiger partial charge in [0.05, 0.1) is 36.5 Å². The monoisotopic (exact) mass is 482 g/mol. The van der Waals surface area contributed by atoms with Crippen molar-refractivity contribution in [3.63, 3.8) is 0 Å². The van der Waals surface area contributed by atoms with Crippen molar-refractivity contribution in [2.75, 3.05) is 43.6 Å². The molecule has 1 atom stereocenters. The molecule has 0 aliphatic carbocycles. The molecule has 0 bridgehead atoms. The Morgan fingerprint density at radius 3 is 2.56 bits per heavy atom. The van der Waals surface area contributed by atoms with Gasteiger partial charge in [0.2, 0.25) is 5.91 Å². The Hall–Kier alpha value is -3.37. The number of thioether (sulfide) groups is 1. The molecule has 34 heavy (non-hydrogen) atoms. The van der Waals surface area contributed by atoms with Crippen LogP contribution in [0, 0.1) is 0 Å². The minimum Gasteiger partial charge on any atom is -0.468 e. The number of amides is 1. The van der Waals surface area contributed by atoms with Gasteiger partial charge in [-0.15, -0.1) is 0 Å². The number of nitrogens with one attached hydrogen (secondary N) is 1. The van der Waals surface area contributed by atoms with Crippen molar-refractivity contribution in [3.05, 3.63) is 58.9 Å². The number of benzene rings is 2. The second-order valence-electron chi connectivity index (χ2n) is 7.77. The van der Waals surface area contributed by atoms with Gasteiger partial charge in [0, 0.05) is 24.5 Å². The molecule has 1 saturated heterocycles. The molecule has 0 radical (unpaired) electrons. The van der Waals surface area contributed by atoms with Crippen molar-refractivity contribution in [1.82, 2.24) is 9.55 Å². The molecular formula is C24H26N4O5S. The normalized spacial score (nSPS) is 14.6. The maximum absolute atomic E-state index is 13.0. The number of rotatable bonds is 7. The first-order chi connectivity index (χ1) is 16.5. The average Bonchev–Trinajstić information content (AvgIpc) is 2.87. The van der Waals surface area contributed by atoms with E-state index in [1.54, 1.807) is 31.2 Å². The van der Waals surface area contributed by atoms with Gasteiger partial charge in [0.25, 0.3) is 5.56 Å². The second kappa shape index (κ2) is 10.7. The number of anilines is 2. The van der Waals surface area contributed by atoms with Gasteiger partial charge in [0.1, 0.15) is 6.54 Å². The number of carbonyl (C=O) groups excluding carboxylic acids is 2. The summed E-state index contributed by atoms with van der Waals surface area (Å²) in [5.41, 5.74) is 1.90. The maximum atomic E-state index is 13.0. The number of esters is 1. The first-order valence-corrected chi connectivity index (χ1v) is 11.8. The standard InChI is InChI=1S/C24H26N4O5S/c1-16(22(30)25-17-7-9-18(10-8-17)27-11-13-33-14-12-27)34-24-26-20-6-4-3-5-19(20)23(31)28(24)15-21(29)32-2/h3-10,16H,11-15H2,1-2H3,(H,25,30)/t16-/m0/s1. The summed E-state index contributed by atoms with van der Waals surface area (Å²) in [4.78, 5) is 44.6. The van der Waals surface area contributed by atoms with Crippen LogP contribution in [0.2, 0.25) is 0 Å². The number of ether oxygens (including phenoxy) is 2. The van der Waals surface area contributed by atoms with Gasteiger partial charge < -0.3 is 19.7 Å². The van der Waals surface area contributed by atoms with Gasteiger partial charge in [-0.2, -0.15) is 0 Å². The van der Waals surface area contributed by atoms with Crippen molar-refractivity contribution in [1.29, 1.82) is 0 Å². The molecule has 10 heteroatoms. The summed E-state index contributed by atoms with van der Waals surface area (Å²) in [6.45, 7) is 4.53. The van der Waals surface area contributed by atoms with Crippen molar-refractivity contribution < 1.29 is 19.1 Å². The molecule has 2 heterocycles. The Morgan fingerprint density at radius 1 is 1.15 bits per heavy atom. The van der Waals surface area contributed by atoms with Gasteiger partial charge in [0.15, 0.2) is 5.16 Å². The molecule has 4 rings (SSSR count). The molecule has 1 fully saturated rings. The molecule has 0 unspecified atom stereocenters. The van der Waals surface area contributed by atoms with Crippen molar-refractivity contribution in [2.24, 2.45) is 0 Å². The SMILES string of the molecule is COC(=O)Cn1c(S[C@@H](C)C(=O)Nc2ccc(N3CCOCC3)cc2)nc2ccccc2c1=O. The van der Waals surface area contributed by atoms with Crippen LogP contribution in [0.15, 0.2) is 58.5 Å². The van der Waals surface area contributed by atoms with E-state index in [-0.39, 0.29) is 23.2 Å². The van der Waals surface area contributed by atoms with E-state index in [0.717, 1.165) is 30.5 Å². The Morgan fingerprint density at radius 2 is 1.85 bits per heavy atom. The van der Waals surface area contributed by atoms with E-state index in [1.807, 2.05) is 24.3 Å². The second-order valence-corrected chi connectivity index (χ2v) is 9.08. The van der Waals surface area contributed by atoms with Gasteiger partial charge in [-0.3, -0.25) is 19.0 Å². The van der Waals surface area contributed by atoms with Crippen LogP contribution in [0.3, 0.4) is 0 Å². The van der Waals surface area contributed by atoms with Gasteiger partial charge >= 0.3 is 5.97 Å². The van der Waals surface area contributed by atoms with E-state index in [2.05, 4.69) is 15.2 Å². The van der Waals surface area contributed by atoms with E-state index < -0.39 is 11.2 Å². The summed E-state index contributed by atoms with van der Waals surface area (Å²) < 4.78 is 11.4. The van der Waals surface area contributed by atoms with Crippen LogP contribution >= 0.6 is 11.8 Å². The average molecular weight is 483 g/mol. The number of fused-ring (bicyclic) bond motifs is 1. The summed E-state index contributed by atoms with van der Waals surface area (Å²) in [6, 6.07) is 14.6. The quantitative estimate of drug-likeness (QED) is 0.311. The molecule has 178 valence electrons. The predicted octanol–water partition coefficient (Wildman–Crippen LogP) is 2.53. The zero-order valence-electron chi connectivity index (χ0n) is 19.0. The number of methoxy groups -OCH3 is 1. The van der Waals surface area contributed by atoms with Crippen molar-refractivity contribution >= 4 is 45.9 Å². The topological polar surface area (TPSA) is 103 Å². The Kier molecular flexibility index (Phi) is 7.49. The van der Waals surface area contributed by atoms with Gasteiger partial charge in [-0.1, -0.05) is 23.9 Å². The molecule has 0 saturated carbocycles. The lowest BCUT2D eigenvalue weighted by Crippen LogP contribution is -2.36. The number of carbonyl (C=O) groups is 2. The van der Waals surface area contributed by atoms with E-state index >= 15 is 0 Å². The summed E-state index contributed by atoms with van der Waals surface area (Å²) >= 11 is 1.11. The first-order valence-electron chi connectivity index (χ1n) is 10.9. The highest BCUT2D eigenvalue weighted by atomic mass is 32.2. The van der Waals surface area contributed by atoms with Crippen LogP contribution < -0.4 is 15.8 Å². The van der Waals surface area contributed by atoms with Crippen LogP contribution in [-0.4, -0.2) is 60.1 Å². The lowest BCUT2D eigenvalue weighted by atomic mass is 10.2. The number of morpholine rings is 1. The van der Waals surface area contributed by atoms with Crippen LogP contribution in [-0.2, 0) is 25.6 Å². The van der Waals surface area contributed by atoms with Crippen molar-refractivity contribution in [3.8, 4) is 0 Å². The smallest absolute Gasteiger partial charge is 0.325 e. The fourth-order valence-corrected chi connectivity index (χ4v) is 4.51. The van der Waals surface area contributed by atoms with Gasteiger partial charge in [-0.25, -0.2) is 4.98 Å². The Labute approximate surface area is 201 Å². The predicted molar refractivity (Wildman–Crippen MR) is 131 cm³/mol. The fraction of sp³-hybridized carbons (Fsp3) is 0.333. The van der Waals surface area contributed by atoms with E-state index in [4.69, 9.17) is 9.47 Å². The molecule has 0 spiro atoms. The first kappa shape index (κ1) is 23.8. The molecule has 1 aliphatic rings. The Bertz CT molecular complexity index is 1240. The van der Waals surface area contributed by atoms with Gasteiger partial charge in [-0.05, 0) is 43.3 Å². The third-order valence-electron chi connectivity index (χ3n) is 5.50. The molecule has 1 aliphatic heterocycles. The summed E-state index contributed by atoms with van der Waals surface area (Å²) in [5.74, 6) is -0.811. The largest absolute Gasteiger partial charge is 0.468 e. The van der Waals surface area contributed by atoms with E-state index in [1.165, 1.54) is 11.7 Å². The third kappa shape index (κ3) is 5.40. The highest BCUT2D eigenvalue weighted by Gasteiger charge is 2.21. The van der Waals surface area contributed by atoms with E-state index in [9.17, 15) is 14.4 Å². The fourth-order valence-electron chi connectivity index (χ4n) is 3.60. The van der Waals surface area contributed by atoms with Crippen LogP contribution in [0.4, 0.5) is 11.4 Å². The van der Waals surface area contributed by atoms with Crippen LogP contribution in [0.5, 0.6) is 0 Å². The molecule has 3 aromatic rings. The number of hydrogen-bond donors (Lipinski definition) is 1. The minimum absolute atomic E-state index is 0.240. The summed E-state index contributed by atoms with van der Waals surface area (Å²) in [5, 5.41) is 3.01. The highest BCUT2D eigenvalue weighted by molar-refractivity contribution is 8.00. The van der Waals surface area contributed by atoms with E-state index in [0.29, 0.717) is 29.8 Å². The lowest BCUT2D eigenvalue weighted by molar-refractivity contribution is -0.141.